The SMILES string of the molecule is CC1CN(CCCOC(C)C)CC(C)N1. The van der Waals surface area contributed by atoms with Crippen LogP contribution in [0, 0.1) is 0 Å². The van der Waals surface area contributed by atoms with Gasteiger partial charge < -0.3 is 15.0 Å². The van der Waals surface area contributed by atoms with E-state index in [0.717, 1.165) is 13.0 Å². The van der Waals surface area contributed by atoms with Crippen molar-refractivity contribution in [2.75, 3.05) is 26.2 Å². The summed E-state index contributed by atoms with van der Waals surface area (Å²) in [6.45, 7) is 13.1. The second-order valence-electron chi connectivity index (χ2n) is 5.00. The van der Waals surface area contributed by atoms with Crippen molar-refractivity contribution in [1.29, 1.82) is 0 Å². The smallest absolute Gasteiger partial charge is 0.0518 e. The Morgan fingerprint density at radius 3 is 2.40 bits per heavy atom. The molecule has 0 aliphatic carbocycles. The maximum Gasteiger partial charge on any atom is 0.0518 e. The lowest BCUT2D eigenvalue weighted by atomic mass is 10.1. The minimum Gasteiger partial charge on any atom is -0.379 e. The van der Waals surface area contributed by atoms with Gasteiger partial charge in [0, 0.05) is 38.3 Å². The average molecular weight is 214 g/mol. The normalized spacial score (nSPS) is 28.6. The summed E-state index contributed by atoms with van der Waals surface area (Å²) in [6.07, 6.45) is 1.52. The third-order valence-electron chi connectivity index (χ3n) is 2.70. The van der Waals surface area contributed by atoms with Crippen LogP contribution in [0.4, 0.5) is 0 Å². The third-order valence-corrected chi connectivity index (χ3v) is 2.70. The van der Waals surface area contributed by atoms with Crippen molar-refractivity contribution in [3.8, 4) is 0 Å². The van der Waals surface area contributed by atoms with E-state index in [1.807, 2.05) is 0 Å². The standard InChI is InChI=1S/C12H26N2O/c1-10(2)15-7-5-6-14-8-11(3)13-12(4)9-14/h10-13H,5-9H2,1-4H3. The van der Waals surface area contributed by atoms with Gasteiger partial charge in [-0.15, -0.1) is 0 Å². The number of hydrogen-bond acceptors (Lipinski definition) is 3. The molecule has 1 saturated heterocycles. The Bertz CT molecular complexity index is 163. The van der Waals surface area contributed by atoms with Crippen molar-refractivity contribution in [2.24, 2.45) is 0 Å². The van der Waals surface area contributed by atoms with Crippen LogP contribution in [0.3, 0.4) is 0 Å². The fourth-order valence-electron chi connectivity index (χ4n) is 2.23. The first-order valence-electron chi connectivity index (χ1n) is 6.18. The maximum atomic E-state index is 5.54. The molecule has 3 nitrogen and oxygen atoms in total. The molecule has 0 amide bonds. The van der Waals surface area contributed by atoms with Crippen molar-refractivity contribution < 1.29 is 4.74 Å². The minimum absolute atomic E-state index is 0.367. The highest BCUT2D eigenvalue weighted by atomic mass is 16.5. The van der Waals surface area contributed by atoms with Crippen LogP contribution in [-0.2, 0) is 4.74 Å². The Hall–Kier alpha value is -0.120. The Morgan fingerprint density at radius 1 is 1.27 bits per heavy atom. The van der Waals surface area contributed by atoms with Gasteiger partial charge in [0.1, 0.15) is 0 Å². The van der Waals surface area contributed by atoms with Gasteiger partial charge in [-0.25, -0.2) is 0 Å². The molecule has 0 radical (unpaired) electrons. The van der Waals surface area contributed by atoms with Gasteiger partial charge in [0.15, 0.2) is 0 Å². The molecule has 0 saturated carbocycles. The minimum atomic E-state index is 0.367. The van der Waals surface area contributed by atoms with E-state index < -0.39 is 0 Å². The van der Waals surface area contributed by atoms with Crippen LogP contribution < -0.4 is 5.32 Å². The lowest BCUT2D eigenvalue weighted by Gasteiger charge is -2.36. The lowest BCUT2D eigenvalue weighted by molar-refractivity contribution is 0.0662. The van der Waals surface area contributed by atoms with Gasteiger partial charge in [-0.1, -0.05) is 0 Å². The second kappa shape index (κ2) is 6.46. The van der Waals surface area contributed by atoms with E-state index in [2.05, 4.69) is 37.9 Å². The van der Waals surface area contributed by atoms with Crippen LogP contribution in [0.2, 0.25) is 0 Å². The Morgan fingerprint density at radius 2 is 1.87 bits per heavy atom. The lowest BCUT2D eigenvalue weighted by Crippen LogP contribution is -2.54. The summed E-state index contributed by atoms with van der Waals surface area (Å²) >= 11 is 0. The fraction of sp³-hybridized carbons (Fsp3) is 1.00. The quantitative estimate of drug-likeness (QED) is 0.702. The summed E-state index contributed by atoms with van der Waals surface area (Å²) in [6, 6.07) is 1.25. The number of nitrogens with one attached hydrogen (secondary N) is 1. The Labute approximate surface area is 94.2 Å². The summed E-state index contributed by atoms with van der Waals surface area (Å²) in [4.78, 5) is 2.54. The monoisotopic (exact) mass is 214 g/mol. The molecule has 0 aromatic rings. The summed E-state index contributed by atoms with van der Waals surface area (Å²) in [5, 5.41) is 3.54. The largest absolute Gasteiger partial charge is 0.379 e. The predicted octanol–water partition coefficient (Wildman–Crippen LogP) is 1.48. The van der Waals surface area contributed by atoms with E-state index in [1.54, 1.807) is 0 Å². The van der Waals surface area contributed by atoms with Crippen molar-refractivity contribution in [3.05, 3.63) is 0 Å². The second-order valence-corrected chi connectivity index (χ2v) is 5.00. The van der Waals surface area contributed by atoms with Gasteiger partial charge in [0.2, 0.25) is 0 Å². The summed E-state index contributed by atoms with van der Waals surface area (Å²) in [5.74, 6) is 0. The molecule has 1 fully saturated rings. The molecule has 0 spiro atoms. The zero-order valence-electron chi connectivity index (χ0n) is 10.6. The number of ether oxygens (including phenoxy) is 1. The van der Waals surface area contributed by atoms with Crippen molar-refractivity contribution in [2.45, 2.75) is 52.3 Å². The van der Waals surface area contributed by atoms with Gasteiger partial charge in [-0.2, -0.15) is 0 Å². The highest BCUT2D eigenvalue weighted by molar-refractivity contribution is 4.80. The molecule has 2 atom stereocenters. The van der Waals surface area contributed by atoms with E-state index in [1.165, 1.54) is 19.6 Å². The molecular weight excluding hydrogens is 188 g/mol. The van der Waals surface area contributed by atoms with Crippen molar-refractivity contribution in [3.63, 3.8) is 0 Å². The van der Waals surface area contributed by atoms with E-state index in [4.69, 9.17) is 4.74 Å². The highest BCUT2D eigenvalue weighted by Gasteiger charge is 2.19. The molecule has 90 valence electrons. The van der Waals surface area contributed by atoms with Crippen LogP contribution in [0.15, 0.2) is 0 Å². The predicted molar refractivity (Wildman–Crippen MR) is 64.2 cm³/mol. The van der Waals surface area contributed by atoms with Crippen LogP contribution in [0.25, 0.3) is 0 Å². The molecule has 3 heteroatoms. The van der Waals surface area contributed by atoms with Crippen LogP contribution in [-0.4, -0.2) is 49.3 Å². The molecule has 1 aliphatic heterocycles. The van der Waals surface area contributed by atoms with Gasteiger partial charge in [0.25, 0.3) is 0 Å². The molecular formula is C12H26N2O. The zero-order chi connectivity index (χ0) is 11.3. The molecule has 15 heavy (non-hydrogen) atoms. The van der Waals surface area contributed by atoms with E-state index in [0.29, 0.717) is 18.2 Å². The first-order valence-corrected chi connectivity index (χ1v) is 6.18. The van der Waals surface area contributed by atoms with Gasteiger partial charge in [-0.05, 0) is 34.1 Å². The molecule has 1 N–H and O–H groups in total. The van der Waals surface area contributed by atoms with E-state index in [9.17, 15) is 0 Å². The number of piperazine rings is 1. The molecule has 1 rings (SSSR count). The number of nitrogens with zero attached hydrogens (tertiary/aromatic N) is 1. The van der Waals surface area contributed by atoms with Crippen LogP contribution in [0.1, 0.15) is 34.1 Å². The van der Waals surface area contributed by atoms with Crippen molar-refractivity contribution in [1.82, 2.24) is 10.2 Å². The first kappa shape index (κ1) is 12.9. The molecule has 1 aliphatic rings. The van der Waals surface area contributed by atoms with Gasteiger partial charge in [-0.3, -0.25) is 0 Å². The van der Waals surface area contributed by atoms with E-state index in [-0.39, 0.29) is 0 Å². The van der Waals surface area contributed by atoms with Gasteiger partial charge >= 0.3 is 0 Å². The topological polar surface area (TPSA) is 24.5 Å². The maximum absolute atomic E-state index is 5.54. The number of rotatable bonds is 5. The molecule has 2 unspecified atom stereocenters. The van der Waals surface area contributed by atoms with Crippen LogP contribution in [0.5, 0.6) is 0 Å². The fourth-order valence-corrected chi connectivity index (χ4v) is 2.23. The zero-order valence-corrected chi connectivity index (χ0v) is 10.6. The average Bonchev–Trinajstić information content (AvgIpc) is 2.10. The Balaban J connectivity index is 2.10. The Kier molecular flexibility index (Phi) is 5.58. The molecule has 0 aromatic heterocycles. The van der Waals surface area contributed by atoms with Gasteiger partial charge in [0.05, 0.1) is 6.10 Å². The molecule has 0 bridgehead atoms. The summed E-state index contributed by atoms with van der Waals surface area (Å²) < 4.78 is 5.54. The van der Waals surface area contributed by atoms with E-state index >= 15 is 0 Å². The summed E-state index contributed by atoms with van der Waals surface area (Å²) in [7, 11) is 0. The summed E-state index contributed by atoms with van der Waals surface area (Å²) in [5.41, 5.74) is 0. The van der Waals surface area contributed by atoms with Crippen molar-refractivity contribution >= 4 is 0 Å². The molecule has 0 aromatic carbocycles. The molecule has 1 heterocycles. The van der Waals surface area contributed by atoms with Crippen LogP contribution >= 0.6 is 0 Å². The highest BCUT2D eigenvalue weighted by Crippen LogP contribution is 2.04. The first-order chi connectivity index (χ1) is 7.08. The third kappa shape index (κ3) is 5.50. The number of hydrogen-bond donors (Lipinski definition) is 1.